The zero-order valence-electron chi connectivity index (χ0n) is 17.0. The third kappa shape index (κ3) is 4.11. The molecule has 0 radical (unpaired) electrons. The standard InChI is InChI=1S/C20H29F2N5OS/c1-3-26-29(28,16-10-20(21,22)11-16)12-14-4-6-15(7-5-14)27(2)19-17-8-9-23-18(17)24-13-25-19/h8-9,13-16H,3-7,10-12H2,1-2H3,(H,23,24,25). The number of rotatable bonds is 6. The van der Waals surface area contributed by atoms with Crippen molar-refractivity contribution >= 4 is 26.6 Å². The van der Waals surface area contributed by atoms with Gasteiger partial charge in [-0.2, -0.15) is 0 Å². The van der Waals surface area contributed by atoms with Gasteiger partial charge >= 0.3 is 0 Å². The summed E-state index contributed by atoms with van der Waals surface area (Å²) in [7, 11) is -0.495. The van der Waals surface area contributed by atoms with Gasteiger partial charge in [0.15, 0.2) is 0 Å². The monoisotopic (exact) mass is 425 g/mol. The zero-order chi connectivity index (χ0) is 20.6. The molecule has 2 heterocycles. The van der Waals surface area contributed by atoms with Crippen LogP contribution in [0, 0.1) is 5.92 Å². The van der Waals surface area contributed by atoms with Crippen molar-refractivity contribution in [2.24, 2.45) is 10.3 Å². The van der Waals surface area contributed by atoms with Crippen molar-refractivity contribution in [2.75, 3.05) is 24.2 Å². The van der Waals surface area contributed by atoms with Gasteiger partial charge in [-0.1, -0.05) is 0 Å². The van der Waals surface area contributed by atoms with Gasteiger partial charge in [0.05, 0.1) is 20.4 Å². The number of alkyl halides is 2. The summed E-state index contributed by atoms with van der Waals surface area (Å²) in [6, 6.07) is 2.34. The Morgan fingerprint density at radius 1 is 1.28 bits per heavy atom. The lowest BCUT2D eigenvalue weighted by Crippen LogP contribution is -2.46. The van der Waals surface area contributed by atoms with E-state index in [1.165, 1.54) is 0 Å². The molecule has 2 aromatic rings. The van der Waals surface area contributed by atoms with Crippen LogP contribution in [0.15, 0.2) is 23.0 Å². The van der Waals surface area contributed by atoms with Gasteiger partial charge in [-0.3, -0.25) is 0 Å². The number of nitrogens with one attached hydrogen (secondary N) is 1. The van der Waals surface area contributed by atoms with Crippen LogP contribution in [-0.2, 0) is 9.73 Å². The van der Waals surface area contributed by atoms with Crippen molar-refractivity contribution in [3.63, 3.8) is 0 Å². The Morgan fingerprint density at radius 3 is 2.66 bits per heavy atom. The Hall–Kier alpha value is -1.77. The van der Waals surface area contributed by atoms with E-state index in [9.17, 15) is 13.0 Å². The first kappa shape index (κ1) is 20.5. The van der Waals surface area contributed by atoms with Crippen LogP contribution < -0.4 is 4.90 Å². The maximum Gasteiger partial charge on any atom is 0.250 e. The van der Waals surface area contributed by atoms with Crippen LogP contribution in [0.25, 0.3) is 11.0 Å². The molecular formula is C20H29F2N5OS. The molecule has 0 bridgehead atoms. The lowest BCUT2D eigenvalue weighted by Gasteiger charge is -2.39. The summed E-state index contributed by atoms with van der Waals surface area (Å²) in [6.07, 6.45) is 6.73. The fourth-order valence-electron chi connectivity index (χ4n) is 4.73. The number of nitrogens with zero attached hydrogens (tertiary/aromatic N) is 4. The molecule has 4 rings (SSSR count). The summed E-state index contributed by atoms with van der Waals surface area (Å²) in [4.78, 5) is 14.1. The fraction of sp³-hybridized carbons (Fsp3) is 0.700. The quantitative estimate of drug-likeness (QED) is 0.751. The number of anilines is 1. The van der Waals surface area contributed by atoms with Crippen LogP contribution >= 0.6 is 0 Å². The van der Waals surface area contributed by atoms with Crippen LogP contribution in [0.1, 0.15) is 45.4 Å². The molecule has 0 spiro atoms. The number of H-pyrrole nitrogens is 1. The molecule has 2 aliphatic carbocycles. The summed E-state index contributed by atoms with van der Waals surface area (Å²) in [6.45, 7) is 2.27. The van der Waals surface area contributed by atoms with Crippen molar-refractivity contribution in [1.82, 2.24) is 15.0 Å². The Labute approximate surface area is 170 Å². The number of hydrogen-bond acceptors (Lipinski definition) is 5. The van der Waals surface area contributed by atoms with E-state index < -0.39 is 20.9 Å². The highest BCUT2D eigenvalue weighted by Crippen LogP contribution is 2.43. The van der Waals surface area contributed by atoms with Crippen molar-refractivity contribution in [3.8, 4) is 0 Å². The van der Waals surface area contributed by atoms with E-state index in [1.54, 1.807) is 6.33 Å². The number of fused-ring (bicyclic) bond motifs is 1. The van der Waals surface area contributed by atoms with E-state index in [4.69, 9.17) is 0 Å². The van der Waals surface area contributed by atoms with Crippen LogP contribution in [0.2, 0.25) is 0 Å². The molecule has 2 aliphatic rings. The van der Waals surface area contributed by atoms with E-state index in [-0.39, 0.29) is 18.8 Å². The predicted molar refractivity (Wildman–Crippen MR) is 112 cm³/mol. The lowest BCUT2D eigenvalue weighted by molar-refractivity contribution is -0.0680. The second kappa shape index (κ2) is 7.81. The molecule has 9 heteroatoms. The van der Waals surface area contributed by atoms with Crippen molar-refractivity contribution in [2.45, 2.75) is 62.7 Å². The predicted octanol–water partition coefficient (Wildman–Crippen LogP) is 4.24. The third-order valence-electron chi connectivity index (χ3n) is 6.43. The van der Waals surface area contributed by atoms with E-state index in [1.807, 2.05) is 19.2 Å². The van der Waals surface area contributed by atoms with E-state index in [0.717, 1.165) is 42.5 Å². The van der Waals surface area contributed by atoms with Gasteiger partial charge in [0.25, 0.3) is 5.92 Å². The third-order valence-corrected chi connectivity index (χ3v) is 9.45. The Bertz CT molecular complexity index is 968. The SMILES string of the molecule is CCN=S(=O)(CC1CCC(N(C)c2ncnc3[nH]ccc23)CC1)C1CC(F)(F)C1. The highest BCUT2D eigenvalue weighted by molar-refractivity contribution is 7.94. The van der Waals surface area contributed by atoms with Crippen molar-refractivity contribution in [1.29, 1.82) is 0 Å². The van der Waals surface area contributed by atoms with E-state index in [0.29, 0.717) is 18.3 Å². The molecule has 2 fully saturated rings. The Morgan fingerprint density at radius 2 is 2.00 bits per heavy atom. The molecule has 2 aromatic heterocycles. The minimum atomic E-state index is -2.65. The first-order chi connectivity index (χ1) is 13.8. The average Bonchev–Trinajstić information content (AvgIpc) is 3.15. The molecule has 160 valence electrons. The number of aromatic nitrogens is 3. The van der Waals surface area contributed by atoms with Gasteiger partial charge in [-0.05, 0) is 44.6 Å². The molecule has 0 aliphatic heterocycles. The zero-order valence-corrected chi connectivity index (χ0v) is 17.8. The van der Waals surface area contributed by atoms with Crippen LogP contribution in [0.4, 0.5) is 14.6 Å². The van der Waals surface area contributed by atoms with Gasteiger partial charge in [-0.15, -0.1) is 0 Å². The van der Waals surface area contributed by atoms with Crippen LogP contribution in [-0.4, -0.2) is 55.7 Å². The highest BCUT2D eigenvalue weighted by atomic mass is 32.2. The molecule has 2 saturated carbocycles. The molecule has 0 aromatic carbocycles. The largest absolute Gasteiger partial charge is 0.356 e. The van der Waals surface area contributed by atoms with Crippen LogP contribution in [0.3, 0.4) is 0 Å². The maximum absolute atomic E-state index is 13.3. The van der Waals surface area contributed by atoms with Gasteiger partial charge < -0.3 is 9.88 Å². The average molecular weight is 426 g/mol. The molecule has 1 unspecified atom stereocenters. The molecule has 0 amide bonds. The minimum absolute atomic E-state index is 0.270. The van der Waals surface area contributed by atoms with Crippen molar-refractivity contribution in [3.05, 3.63) is 18.6 Å². The second-order valence-electron chi connectivity index (χ2n) is 8.41. The van der Waals surface area contributed by atoms with Crippen molar-refractivity contribution < 1.29 is 13.0 Å². The van der Waals surface area contributed by atoms with Gasteiger partial charge in [-0.25, -0.2) is 27.3 Å². The summed E-state index contributed by atoms with van der Waals surface area (Å²) >= 11 is 0. The van der Waals surface area contributed by atoms with E-state index >= 15 is 0 Å². The molecule has 6 nitrogen and oxygen atoms in total. The number of aromatic amines is 1. The Kier molecular flexibility index (Phi) is 5.52. The van der Waals surface area contributed by atoms with Crippen LogP contribution in [0.5, 0.6) is 0 Å². The van der Waals surface area contributed by atoms with E-state index in [2.05, 4.69) is 31.3 Å². The summed E-state index contributed by atoms with van der Waals surface area (Å²) in [5, 5.41) is 0.563. The lowest BCUT2D eigenvalue weighted by atomic mass is 9.86. The minimum Gasteiger partial charge on any atom is -0.356 e. The Balaban J connectivity index is 1.39. The molecule has 29 heavy (non-hydrogen) atoms. The summed E-state index contributed by atoms with van der Waals surface area (Å²) < 4.78 is 44.4. The topological polar surface area (TPSA) is 74.2 Å². The molecular weight excluding hydrogens is 396 g/mol. The summed E-state index contributed by atoms with van der Waals surface area (Å²) in [5.74, 6) is -0.985. The number of hydrogen-bond donors (Lipinski definition) is 1. The second-order valence-corrected chi connectivity index (χ2v) is 11.0. The highest BCUT2D eigenvalue weighted by Gasteiger charge is 2.50. The smallest absolute Gasteiger partial charge is 0.250 e. The molecule has 1 atom stereocenters. The van der Waals surface area contributed by atoms with Gasteiger partial charge in [0, 0.05) is 44.4 Å². The molecule has 1 N–H and O–H groups in total. The van der Waals surface area contributed by atoms with Gasteiger partial charge in [0.2, 0.25) is 0 Å². The summed E-state index contributed by atoms with van der Waals surface area (Å²) in [5.41, 5.74) is 0.828. The number of halogens is 2. The van der Waals surface area contributed by atoms with Gasteiger partial charge in [0.1, 0.15) is 17.8 Å². The normalized spacial score (nSPS) is 26.6. The first-order valence-electron chi connectivity index (χ1n) is 10.4. The fourth-order valence-corrected chi connectivity index (χ4v) is 7.77. The maximum atomic E-state index is 13.3. The molecule has 0 saturated heterocycles. The first-order valence-corrected chi connectivity index (χ1v) is 12.1.